The van der Waals surface area contributed by atoms with Crippen LogP contribution in [0.25, 0.3) is 11.8 Å². The molecule has 4 rings (SSSR count). The quantitative estimate of drug-likeness (QED) is 0.374. The Morgan fingerprint density at radius 2 is 1.61 bits per heavy atom. The number of hydrogen-bond donors (Lipinski definition) is 1. The summed E-state index contributed by atoms with van der Waals surface area (Å²) in [4.78, 5) is 26.7. The molecule has 0 bridgehead atoms. The van der Waals surface area contributed by atoms with Crippen molar-refractivity contribution in [2.45, 2.75) is 6.18 Å². The molecule has 0 saturated carbocycles. The van der Waals surface area contributed by atoms with Crippen LogP contribution in [0.1, 0.15) is 11.3 Å². The van der Waals surface area contributed by atoms with Crippen molar-refractivity contribution in [3.8, 4) is 5.69 Å². The normalized spacial score (nSPS) is 16.0. The molecule has 1 N–H and O–H groups in total. The molecule has 2 aromatic carbocycles. The minimum Gasteiger partial charge on any atom is -0.317 e. The largest absolute Gasteiger partial charge is 0.416 e. The van der Waals surface area contributed by atoms with Crippen LogP contribution in [0.3, 0.4) is 0 Å². The number of carbonyl (C=O) groups excluding carboxylic acids is 2. The van der Waals surface area contributed by atoms with E-state index in [-0.39, 0.29) is 16.4 Å². The number of nitrogens with one attached hydrogen (secondary N) is 1. The number of benzene rings is 2. The second kappa shape index (κ2) is 7.84. The second-order valence-corrected chi connectivity index (χ2v) is 7.03. The van der Waals surface area contributed by atoms with E-state index in [1.54, 1.807) is 48.7 Å². The maximum absolute atomic E-state index is 13.1. The van der Waals surface area contributed by atoms with Gasteiger partial charge in [-0.25, -0.2) is 0 Å². The van der Waals surface area contributed by atoms with E-state index in [2.05, 4.69) is 5.32 Å². The molecule has 5 nitrogen and oxygen atoms in total. The molecule has 1 saturated heterocycles. The van der Waals surface area contributed by atoms with Gasteiger partial charge in [0.15, 0.2) is 5.11 Å². The SMILES string of the molecule is O=C1NC(=S)N(c2ccccc2)C(=O)/C1=C/c1cccn1-c1cccc(C(F)(F)F)c1. The smallest absolute Gasteiger partial charge is 0.317 e. The first-order valence-corrected chi connectivity index (χ1v) is 9.48. The maximum Gasteiger partial charge on any atom is 0.416 e. The highest BCUT2D eigenvalue weighted by atomic mass is 32.1. The first-order valence-electron chi connectivity index (χ1n) is 9.07. The molecule has 1 aromatic heterocycles. The number of amides is 2. The highest BCUT2D eigenvalue weighted by Crippen LogP contribution is 2.31. The van der Waals surface area contributed by atoms with Gasteiger partial charge in [-0.05, 0) is 60.8 Å². The van der Waals surface area contributed by atoms with Crippen LogP contribution in [0.5, 0.6) is 0 Å². The lowest BCUT2D eigenvalue weighted by atomic mass is 10.1. The van der Waals surface area contributed by atoms with Crippen LogP contribution in [0.15, 0.2) is 78.5 Å². The van der Waals surface area contributed by atoms with E-state index in [9.17, 15) is 22.8 Å². The average molecular weight is 441 g/mol. The van der Waals surface area contributed by atoms with Crippen molar-refractivity contribution < 1.29 is 22.8 Å². The maximum atomic E-state index is 13.1. The van der Waals surface area contributed by atoms with Gasteiger partial charge in [0.2, 0.25) is 0 Å². The molecule has 0 radical (unpaired) electrons. The van der Waals surface area contributed by atoms with E-state index in [1.807, 2.05) is 0 Å². The summed E-state index contributed by atoms with van der Waals surface area (Å²) >= 11 is 5.15. The number of para-hydroxylation sites is 1. The third-order valence-corrected chi connectivity index (χ3v) is 4.92. The predicted octanol–water partition coefficient (Wildman–Crippen LogP) is 4.33. The van der Waals surface area contributed by atoms with E-state index in [0.717, 1.165) is 12.1 Å². The van der Waals surface area contributed by atoms with Gasteiger partial charge in [-0.2, -0.15) is 13.2 Å². The highest BCUT2D eigenvalue weighted by Gasteiger charge is 2.35. The molecule has 0 unspecified atom stereocenters. The average Bonchev–Trinajstić information content (AvgIpc) is 3.19. The van der Waals surface area contributed by atoms with Crippen LogP contribution in [0.4, 0.5) is 18.9 Å². The summed E-state index contributed by atoms with van der Waals surface area (Å²) in [5, 5.41) is 2.43. The lowest BCUT2D eigenvalue weighted by molar-refractivity contribution is -0.137. The second-order valence-electron chi connectivity index (χ2n) is 6.64. The lowest BCUT2D eigenvalue weighted by Gasteiger charge is -2.28. The zero-order valence-corrected chi connectivity index (χ0v) is 16.6. The molecular formula is C22H14F3N3O2S. The predicted molar refractivity (Wildman–Crippen MR) is 113 cm³/mol. The third kappa shape index (κ3) is 3.99. The number of halogens is 3. The number of aromatic nitrogens is 1. The molecule has 9 heteroatoms. The molecule has 0 atom stereocenters. The standard InChI is InChI=1S/C22H14F3N3O2S/c23-22(24,25)14-6-4-9-16(12-14)27-11-5-10-17(27)13-18-19(29)26-21(31)28(20(18)30)15-7-2-1-3-8-15/h1-13H,(H,26,29,31)/b18-13+. The zero-order chi connectivity index (χ0) is 22.2. The molecule has 1 aliphatic rings. The van der Waals surface area contributed by atoms with Gasteiger partial charge in [0.1, 0.15) is 5.57 Å². The van der Waals surface area contributed by atoms with Gasteiger partial charge >= 0.3 is 6.18 Å². The van der Waals surface area contributed by atoms with Crippen LogP contribution >= 0.6 is 12.2 Å². The summed E-state index contributed by atoms with van der Waals surface area (Å²) in [6.07, 6.45) is -1.62. The van der Waals surface area contributed by atoms with Gasteiger partial charge in [0, 0.05) is 17.6 Å². The fourth-order valence-electron chi connectivity index (χ4n) is 3.20. The van der Waals surface area contributed by atoms with Crippen molar-refractivity contribution >= 4 is 40.9 Å². The van der Waals surface area contributed by atoms with Crippen molar-refractivity contribution in [1.29, 1.82) is 0 Å². The Kier molecular flexibility index (Phi) is 5.20. The van der Waals surface area contributed by atoms with Crippen molar-refractivity contribution in [3.05, 3.63) is 89.8 Å². The molecule has 2 amide bonds. The lowest BCUT2D eigenvalue weighted by Crippen LogP contribution is -2.54. The van der Waals surface area contributed by atoms with E-state index in [4.69, 9.17) is 12.2 Å². The number of anilines is 1. The van der Waals surface area contributed by atoms with E-state index >= 15 is 0 Å². The number of thiocarbonyl (C=S) groups is 1. The summed E-state index contributed by atoms with van der Waals surface area (Å²) in [6, 6.07) is 16.5. The number of hydrogen-bond acceptors (Lipinski definition) is 3. The third-order valence-electron chi connectivity index (χ3n) is 4.64. The molecule has 31 heavy (non-hydrogen) atoms. The first-order chi connectivity index (χ1) is 14.8. The monoisotopic (exact) mass is 441 g/mol. The Balaban J connectivity index is 1.75. The molecule has 1 fully saturated rings. The van der Waals surface area contributed by atoms with Crippen molar-refractivity contribution in [2.75, 3.05) is 4.90 Å². The first kappa shape index (κ1) is 20.5. The Bertz CT molecular complexity index is 1220. The van der Waals surface area contributed by atoms with Crippen LogP contribution in [0.2, 0.25) is 0 Å². The topological polar surface area (TPSA) is 54.3 Å². The summed E-state index contributed by atoms with van der Waals surface area (Å²) in [7, 11) is 0. The summed E-state index contributed by atoms with van der Waals surface area (Å²) < 4.78 is 40.7. The fraction of sp³-hybridized carbons (Fsp3) is 0.0455. The molecule has 2 heterocycles. The van der Waals surface area contributed by atoms with Gasteiger partial charge < -0.3 is 4.57 Å². The van der Waals surface area contributed by atoms with Gasteiger partial charge in [0.05, 0.1) is 11.3 Å². The molecule has 0 aliphatic carbocycles. The molecular weight excluding hydrogens is 427 g/mol. The minimum atomic E-state index is -4.49. The number of nitrogens with zero attached hydrogens (tertiary/aromatic N) is 2. The molecule has 0 spiro atoms. The van der Waals surface area contributed by atoms with Crippen LogP contribution in [0, 0.1) is 0 Å². The summed E-state index contributed by atoms with van der Waals surface area (Å²) in [6.45, 7) is 0. The van der Waals surface area contributed by atoms with E-state index in [0.29, 0.717) is 11.4 Å². The Hall–Kier alpha value is -3.72. The van der Waals surface area contributed by atoms with Crippen molar-refractivity contribution in [2.24, 2.45) is 0 Å². The Morgan fingerprint density at radius 1 is 0.903 bits per heavy atom. The van der Waals surface area contributed by atoms with Gasteiger partial charge in [-0.1, -0.05) is 24.3 Å². The minimum absolute atomic E-state index is 0.0494. The van der Waals surface area contributed by atoms with Gasteiger partial charge in [-0.15, -0.1) is 0 Å². The van der Waals surface area contributed by atoms with Crippen molar-refractivity contribution in [3.63, 3.8) is 0 Å². The molecule has 1 aliphatic heterocycles. The van der Waals surface area contributed by atoms with Crippen molar-refractivity contribution in [1.82, 2.24) is 9.88 Å². The fourth-order valence-corrected chi connectivity index (χ4v) is 3.48. The number of carbonyl (C=O) groups is 2. The van der Waals surface area contributed by atoms with E-state index < -0.39 is 23.6 Å². The number of alkyl halides is 3. The zero-order valence-electron chi connectivity index (χ0n) is 15.8. The van der Waals surface area contributed by atoms with Crippen LogP contribution in [-0.2, 0) is 15.8 Å². The van der Waals surface area contributed by atoms with Crippen LogP contribution < -0.4 is 10.2 Å². The highest BCUT2D eigenvalue weighted by molar-refractivity contribution is 7.80. The summed E-state index contributed by atoms with van der Waals surface area (Å²) in [5.74, 6) is -1.31. The Labute approximate surface area is 180 Å². The summed E-state index contributed by atoms with van der Waals surface area (Å²) in [5.41, 5.74) is 0.0925. The van der Waals surface area contributed by atoms with Crippen LogP contribution in [-0.4, -0.2) is 21.5 Å². The molecule has 3 aromatic rings. The van der Waals surface area contributed by atoms with Gasteiger partial charge in [0.25, 0.3) is 11.8 Å². The Morgan fingerprint density at radius 3 is 2.32 bits per heavy atom. The number of rotatable bonds is 3. The van der Waals surface area contributed by atoms with E-state index in [1.165, 1.54) is 27.7 Å². The molecule has 156 valence electrons. The van der Waals surface area contributed by atoms with Gasteiger partial charge in [-0.3, -0.25) is 19.8 Å².